The molecular formula is C18H12Cl2F3N3O2. The van der Waals surface area contributed by atoms with Gasteiger partial charge in [0.25, 0.3) is 5.91 Å². The number of aromatic nitrogens is 2. The van der Waals surface area contributed by atoms with Crippen molar-refractivity contribution < 1.29 is 22.7 Å². The first kappa shape index (κ1) is 20.0. The molecule has 1 aromatic heterocycles. The Hall–Kier alpha value is -2.71. The van der Waals surface area contributed by atoms with Crippen LogP contribution < -0.4 is 10.1 Å². The average Bonchev–Trinajstić information content (AvgIpc) is 3.10. The van der Waals surface area contributed by atoms with Crippen LogP contribution in [0.3, 0.4) is 0 Å². The molecule has 1 amide bonds. The number of anilines is 1. The number of amides is 1. The summed E-state index contributed by atoms with van der Waals surface area (Å²) < 4.78 is 45.8. The number of hydrogen-bond donors (Lipinski definition) is 1. The molecule has 0 spiro atoms. The van der Waals surface area contributed by atoms with Crippen LogP contribution in [0.5, 0.6) is 5.75 Å². The highest BCUT2D eigenvalue weighted by Gasteiger charge is 2.33. The Morgan fingerprint density at radius 1 is 1.07 bits per heavy atom. The molecule has 0 fully saturated rings. The van der Waals surface area contributed by atoms with Crippen LogP contribution in [0.2, 0.25) is 10.0 Å². The second-order valence-electron chi connectivity index (χ2n) is 5.56. The number of carbonyl (C=O) groups is 1. The molecule has 146 valence electrons. The van der Waals surface area contributed by atoms with Crippen molar-refractivity contribution in [1.82, 2.24) is 9.78 Å². The smallest absolute Gasteiger partial charge is 0.418 e. The number of halogens is 5. The average molecular weight is 430 g/mol. The highest BCUT2D eigenvalue weighted by atomic mass is 35.5. The van der Waals surface area contributed by atoms with E-state index in [-0.39, 0.29) is 23.9 Å². The van der Waals surface area contributed by atoms with E-state index in [0.29, 0.717) is 10.0 Å². The molecule has 0 aliphatic carbocycles. The third-order valence-corrected chi connectivity index (χ3v) is 4.21. The van der Waals surface area contributed by atoms with E-state index in [4.69, 9.17) is 27.9 Å². The Kier molecular flexibility index (Phi) is 5.81. The molecule has 0 aliphatic heterocycles. The Morgan fingerprint density at radius 2 is 1.75 bits per heavy atom. The molecule has 0 saturated heterocycles. The maximum Gasteiger partial charge on any atom is 0.418 e. The summed E-state index contributed by atoms with van der Waals surface area (Å²) in [5.74, 6) is -0.530. The highest BCUT2D eigenvalue weighted by Crippen LogP contribution is 2.35. The Labute approximate surface area is 167 Å². The summed E-state index contributed by atoms with van der Waals surface area (Å²) in [5, 5.41) is 6.82. The molecule has 0 atom stereocenters. The summed E-state index contributed by atoms with van der Waals surface area (Å²) in [4.78, 5) is 12.3. The van der Waals surface area contributed by atoms with Crippen LogP contribution in [0.25, 0.3) is 0 Å². The zero-order valence-electron chi connectivity index (χ0n) is 14.0. The number of carbonyl (C=O) groups excluding carboxylic acids is 1. The van der Waals surface area contributed by atoms with Crippen LogP contribution >= 0.6 is 23.2 Å². The van der Waals surface area contributed by atoms with Crippen LogP contribution in [0.1, 0.15) is 16.1 Å². The van der Waals surface area contributed by atoms with Gasteiger partial charge in [-0.15, -0.1) is 0 Å². The van der Waals surface area contributed by atoms with Crippen molar-refractivity contribution in [3.63, 3.8) is 0 Å². The molecule has 28 heavy (non-hydrogen) atoms. The Bertz CT molecular complexity index is 985. The van der Waals surface area contributed by atoms with Gasteiger partial charge < -0.3 is 10.1 Å². The number of ether oxygens (including phenoxy) is 1. The van der Waals surface area contributed by atoms with Crippen LogP contribution in [0.15, 0.2) is 54.7 Å². The van der Waals surface area contributed by atoms with E-state index in [1.54, 1.807) is 18.2 Å². The van der Waals surface area contributed by atoms with E-state index in [0.717, 1.165) is 6.07 Å². The Morgan fingerprint density at radius 3 is 2.43 bits per heavy atom. The summed E-state index contributed by atoms with van der Waals surface area (Å²) in [6.07, 6.45) is -3.15. The number of nitrogens with zero attached hydrogens (tertiary/aromatic N) is 2. The van der Waals surface area contributed by atoms with Gasteiger partial charge in [0, 0.05) is 6.20 Å². The van der Waals surface area contributed by atoms with Crippen LogP contribution in [0.4, 0.5) is 18.9 Å². The van der Waals surface area contributed by atoms with Gasteiger partial charge in [0.2, 0.25) is 0 Å². The summed E-state index contributed by atoms with van der Waals surface area (Å²) in [7, 11) is 0. The van der Waals surface area contributed by atoms with Crippen molar-refractivity contribution in [3.05, 3.63) is 76.0 Å². The fourth-order valence-corrected chi connectivity index (χ4v) is 2.84. The van der Waals surface area contributed by atoms with Crippen molar-refractivity contribution in [2.75, 3.05) is 5.32 Å². The lowest BCUT2D eigenvalue weighted by Crippen LogP contribution is -2.17. The molecular weight excluding hydrogens is 418 g/mol. The lowest BCUT2D eigenvalue weighted by molar-refractivity contribution is -0.136. The van der Waals surface area contributed by atoms with Gasteiger partial charge in [-0.2, -0.15) is 18.3 Å². The van der Waals surface area contributed by atoms with Crippen LogP contribution in [-0.2, 0) is 12.9 Å². The number of alkyl halides is 3. The van der Waals surface area contributed by atoms with Gasteiger partial charge in [-0.3, -0.25) is 4.79 Å². The first-order valence-corrected chi connectivity index (χ1v) is 8.59. The lowest BCUT2D eigenvalue weighted by atomic mass is 10.1. The van der Waals surface area contributed by atoms with Gasteiger partial charge in [-0.1, -0.05) is 41.4 Å². The lowest BCUT2D eigenvalue weighted by Gasteiger charge is -2.12. The second-order valence-corrected chi connectivity index (χ2v) is 6.38. The molecule has 5 nitrogen and oxygen atoms in total. The van der Waals surface area contributed by atoms with E-state index in [1.807, 2.05) is 0 Å². The molecule has 10 heteroatoms. The van der Waals surface area contributed by atoms with Gasteiger partial charge in [-0.25, -0.2) is 4.68 Å². The normalized spacial score (nSPS) is 11.3. The number of nitrogens with one attached hydrogen (secondary N) is 1. The van der Waals surface area contributed by atoms with Gasteiger partial charge in [0.15, 0.2) is 18.2 Å². The van der Waals surface area contributed by atoms with E-state index in [1.165, 1.54) is 35.1 Å². The SMILES string of the molecule is O=C(Nc1ccccc1C(F)(F)F)c1ccn(COc2c(Cl)cccc2Cl)n1. The van der Waals surface area contributed by atoms with Gasteiger partial charge in [0.05, 0.1) is 21.3 Å². The van der Waals surface area contributed by atoms with E-state index >= 15 is 0 Å². The first-order valence-electron chi connectivity index (χ1n) is 7.83. The second kappa shape index (κ2) is 8.12. The van der Waals surface area contributed by atoms with Gasteiger partial charge in [-0.05, 0) is 30.3 Å². The summed E-state index contributed by atoms with van der Waals surface area (Å²) in [6, 6.07) is 10.9. The molecule has 1 heterocycles. The van der Waals surface area contributed by atoms with Crippen LogP contribution in [0, 0.1) is 0 Å². The van der Waals surface area contributed by atoms with E-state index < -0.39 is 17.6 Å². The number of para-hydroxylation sites is 2. The first-order chi connectivity index (χ1) is 13.3. The molecule has 0 radical (unpaired) electrons. The van der Waals surface area contributed by atoms with E-state index in [9.17, 15) is 18.0 Å². The molecule has 1 N–H and O–H groups in total. The fraction of sp³-hybridized carbons (Fsp3) is 0.111. The maximum atomic E-state index is 13.0. The van der Waals surface area contributed by atoms with Crippen molar-refractivity contribution in [2.24, 2.45) is 0 Å². The Balaban J connectivity index is 1.70. The monoisotopic (exact) mass is 429 g/mol. The summed E-state index contributed by atoms with van der Waals surface area (Å²) in [5.41, 5.74) is -1.38. The number of rotatable bonds is 5. The standard InChI is InChI=1S/C18H12Cl2F3N3O2/c19-12-5-3-6-13(20)16(12)28-10-26-9-8-15(25-26)17(27)24-14-7-2-1-4-11(14)18(21,22)23/h1-9H,10H2,(H,24,27). The quantitative estimate of drug-likeness (QED) is 0.582. The minimum absolute atomic E-state index is 0.0779. The van der Waals surface area contributed by atoms with Gasteiger partial charge in [0.1, 0.15) is 0 Å². The molecule has 0 unspecified atom stereocenters. The van der Waals surface area contributed by atoms with Crippen LogP contribution in [-0.4, -0.2) is 15.7 Å². The van der Waals surface area contributed by atoms with E-state index in [2.05, 4.69) is 10.4 Å². The zero-order valence-corrected chi connectivity index (χ0v) is 15.5. The highest BCUT2D eigenvalue weighted by molar-refractivity contribution is 6.37. The minimum Gasteiger partial charge on any atom is -0.468 e. The van der Waals surface area contributed by atoms with Crippen molar-refractivity contribution in [1.29, 1.82) is 0 Å². The topological polar surface area (TPSA) is 56.2 Å². The molecule has 3 rings (SSSR count). The third kappa shape index (κ3) is 4.58. The third-order valence-electron chi connectivity index (χ3n) is 3.61. The minimum atomic E-state index is -4.59. The fourth-order valence-electron chi connectivity index (χ4n) is 2.33. The van der Waals surface area contributed by atoms with Crippen molar-refractivity contribution in [2.45, 2.75) is 12.9 Å². The van der Waals surface area contributed by atoms with Crippen molar-refractivity contribution in [3.8, 4) is 5.75 Å². The predicted molar refractivity (Wildman–Crippen MR) is 98.7 cm³/mol. The number of hydrogen-bond acceptors (Lipinski definition) is 3. The summed E-state index contributed by atoms with van der Waals surface area (Å²) >= 11 is 12.0. The van der Waals surface area contributed by atoms with Gasteiger partial charge >= 0.3 is 6.18 Å². The molecule has 0 bridgehead atoms. The largest absolute Gasteiger partial charge is 0.468 e. The predicted octanol–water partition coefficient (Wildman–Crippen LogP) is 5.50. The number of benzene rings is 2. The molecule has 0 aliphatic rings. The molecule has 3 aromatic rings. The maximum absolute atomic E-state index is 13.0. The summed E-state index contributed by atoms with van der Waals surface area (Å²) in [6.45, 7) is -0.101. The molecule has 2 aromatic carbocycles. The molecule has 0 saturated carbocycles. The zero-order chi connectivity index (χ0) is 20.3. The van der Waals surface area contributed by atoms with Crippen molar-refractivity contribution >= 4 is 34.8 Å².